The minimum atomic E-state index is -1.13. The molecule has 4 heteroatoms. The van der Waals surface area contributed by atoms with E-state index in [-0.39, 0.29) is 17.5 Å². The Morgan fingerprint density at radius 1 is 1.17 bits per heavy atom. The lowest BCUT2D eigenvalue weighted by Crippen LogP contribution is -2.30. The van der Waals surface area contributed by atoms with E-state index in [9.17, 15) is 9.90 Å². The molecule has 1 heterocycles. The number of hydrogen-bond acceptors (Lipinski definition) is 3. The fourth-order valence-electron chi connectivity index (χ4n) is 3.72. The lowest BCUT2D eigenvalue weighted by Gasteiger charge is -2.37. The number of anilines is 1. The lowest BCUT2D eigenvalue weighted by atomic mass is 9.76. The Kier molecular flexibility index (Phi) is 3.38. The van der Waals surface area contributed by atoms with Crippen molar-refractivity contribution >= 4 is 23.3 Å². The van der Waals surface area contributed by atoms with Crippen LogP contribution in [0.25, 0.3) is 0 Å². The van der Waals surface area contributed by atoms with Crippen LogP contribution >= 0.6 is 11.6 Å². The van der Waals surface area contributed by atoms with Gasteiger partial charge in [0.1, 0.15) is 0 Å². The first kappa shape index (κ1) is 14.3. The Balaban J connectivity index is 1.77. The van der Waals surface area contributed by atoms with E-state index in [1.807, 2.05) is 18.2 Å². The molecule has 1 N–H and O–H groups in total. The molecule has 0 unspecified atom stereocenters. The molecule has 0 amide bonds. The predicted octanol–water partition coefficient (Wildman–Crippen LogP) is 3.53. The second kappa shape index (κ2) is 5.43. The molecule has 0 bridgehead atoms. The molecule has 0 spiro atoms. The van der Waals surface area contributed by atoms with E-state index in [1.165, 1.54) is 5.56 Å². The maximum atomic E-state index is 11.1. The van der Waals surface area contributed by atoms with Crippen LogP contribution in [0, 0.1) is 5.92 Å². The van der Waals surface area contributed by atoms with Crippen LogP contribution in [-0.4, -0.2) is 5.97 Å². The standard InChI is InChI=1S/C19H16ClNO2/c20-13-7-4-11(5-8-13)18-15-3-1-2-14(15)16-10-12(19(22)23)6-9-17(16)21-18/h1-2,4-10,14-15,18,21H,3H2,(H,22,23)/p-1/t14-,15+,18+/m0/s1. The van der Waals surface area contributed by atoms with Crippen molar-refractivity contribution in [3.8, 4) is 0 Å². The first-order valence-electron chi connectivity index (χ1n) is 7.67. The number of carbonyl (C=O) groups is 1. The zero-order chi connectivity index (χ0) is 16.0. The van der Waals surface area contributed by atoms with Gasteiger partial charge in [0, 0.05) is 16.6 Å². The highest BCUT2D eigenvalue weighted by Gasteiger charge is 2.37. The van der Waals surface area contributed by atoms with E-state index in [1.54, 1.807) is 12.1 Å². The van der Waals surface area contributed by atoms with Crippen molar-refractivity contribution in [1.82, 2.24) is 0 Å². The fourth-order valence-corrected chi connectivity index (χ4v) is 3.85. The van der Waals surface area contributed by atoms with Gasteiger partial charge in [-0.1, -0.05) is 42.0 Å². The van der Waals surface area contributed by atoms with Crippen molar-refractivity contribution < 1.29 is 9.90 Å². The first-order valence-corrected chi connectivity index (χ1v) is 8.05. The van der Waals surface area contributed by atoms with Crippen molar-refractivity contribution in [2.45, 2.75) is 18.4 Å². The van der Waals surface area contributed by atoms with E-state index in [0.29, 0.717) is 5.92 Å². The summed E-state index contributed by atoms with van der Waals surface area (Å²) in [7, 11) is 0. The molecule has 0 saturated heterocycles. The molecule has 0 fully saturated rings. The minimum absolute atomic E-state index is 0.188. The molecule has 23 heavy (non-hydrogen) atoms. The molecule has 2 aromatic rings. The van der Waals surface area contributed by atoms with Gasteiger partial charge in [0.2, 0.25) is 0 Å². The minimum Gasteiger partial charge on any atom is -0.545 e. The summed E-state index contributed by atoms with van der Waals surface area (Å²) in [5, 5.41) is 15.4. The summed E-state index contributed by atoms with van der Waals surface area (Å²) in [5.41, 5.74) is 3.45. The normalized spacial score (nSPS) is 24.7. The third-order valence-corrected chi connectivity index (χ3v) is 5.08. The van der Waals surface area contributed by atoms with E-state index in [4.69, 9.17) is 11.6 Å². The van der Waals surface area contributed by atoms with Gasteiger partial charge >= 0.3 is 0 Å². The summed E-state index contributed by atoms with van der Waals surface area (Å²) in [4.78, 5) is 11.1. The van der Waals surface area contributed by atoms with Crippen molar-refractivity contribution in [3.05, 3.63) is 76.3 Å². The Labute approximate surface area is 139 Å². The van der Waals surface area contributed by atoms with Crippen LogP contribution in [0.15, 0.2) is 54.6 Å². The zero-order valence-corrected chi connectivity index (χ0v) is 13.1. The fraction of sp³-hybridized carbons (Fsp3) is 0.211. The lowest BCUT2D eigenvalue weighted by molar-refractivity contribution is -0.255. The summed E-state index contributed by atoms with van der Waals surface area (Å²) in [5.74, 6) is -0.530. The average molecular weight is 325 g/mol. The molecule has 2 aromatic carbocycles. The van der Waals surface area contributed by atoms with Gasteiger partial charge in [0.25, 0.3) is 0 Å². The molecule has 1 aliphatic carbocycles. The molecular formula is C19H15ClNO2-. The van der Waals surface area contributed by atoms with Crippen LogP contribution in [0.3, 0.4) is 0 Å². The molecule has 116 valence electrons. The quantitative estimate of drug-likeness (QED) is 0.860. The van der Waals surface area contributed by atoms with Crippen LogP contribution in [0.4, 0.5) is 5.69 Å². The Bertz CT molecular complexity index is 798. The third kappa shape index (κ3) is 2.41. The van der Waals surface area contributed by atoms with Crippen molar-refractivity contribution in [2.24, 2.45) is 5.92 Å². The molecule has 3 atom stereocenters. The molecule has 0 saturated carbocycles. The number of carboxylic acids is 1. The van der Waals surface area contributed by atoms with Gasteiger partial charge in [0.15, 0.2) is 0 Å². The number of benzene rings is 2. The van der Waals surface area contributed by atoms with Gasteiger partial charge in [-0.15, -0.1) is 0 Å². The molecule has 2 aliphatic rings. The molecule has 3 nitrogen and oxygen atoms in total. The SMILES string of the molecule is O=C([O-])c1ccc2c(c1)[C@H]1C=CC[C@H]1[C@@H](c1ccc(Cl)cc1)N2. The number of aromatic carboxylic acids is 1. The van der Waals surface area contributed by atoms with Crippen LogP contribution < -0.4 is 10.4 Å². The van der Waals surface area contributed by atoms with Crippen LogP contribution in [0.1, 0.15) is 39.9 Å². The van der Waals surface area contributed by atoms with Gasteiger partial charge in [0.05, 0.1) is 12.0 Å². The maximum Gasteiger partial charge on any atom is 0.0715 e. The number of nitrogens with one attached hydrogen (secondary N) is 1. The number of rotatable bonds is 2. The summed E-state index contributed by atoms with van der Waals surface area (Å²) in [6.07, 6.45) is 5.34. The van der Waals surface area contributed by atoms with Gasteiger partial charge in [-0.25, -0.2) is 0 Å². The van der Waals surface area contributed by atoms with E-state index in [0.717, 1.165) is 22.7 Å². The summed E-state index contributed by atoms with van der Waals surface area (Å²) < 4.78 is 0. The Morgan fingerprint density at radius 2 is 1.96 bits per heavy atom. The van der Waals surface area contributed by atoms with Crippen molar-refractivity contribution in [2.75, 3.05) is 5.32 Å². The highest BCUT2D eigenvalue weighted by molar-refractivity contribution is 6.30. The monoisotopic (exact) mass is 324 g/mol. The number of carbonyl (C=O) groups excluding carboxylic acids is 1. The average Bonchev–Trinajstić information content (AvgIpc) is 3.04. The number of allylic oxidation sites excluding steroid dienone is 2. The first-order chi connectivity index (χ1) is 11.1. The number of hydrogen-bond donors (Lipinski definition) is 1. The van der Waals surface area contributed by atoms with E-state index < -0.39 is 5.97 Å². The Hall–Kier alpha value is -2.26. The number of fused-ring (bicyclic) bond motifs is 3. The second-order valence-corrected chi connectivity index (χ2v) is 6.55. The summed E-state index contributed by atoms with van der Waals surface area (Å²) in [6, 6.07) is 13.3. The maximum absolute atomic E-state index is 11.1. The Morgan fingerprint density at radius 3 is 2.70 bits per heavy atom. The molecule has 0 radical (unpaired) electrons. The van der Waals surface area contributed by atoms with Crippen LogP contribution in [-0.2, 0) is 0 Å². The van der Waals surface area contributed by atoms with Crippen LogP contribution in [0.5, 0.6) is 0 Å². The topological polar surface area (TPSA) is 52.2 Å². The van der Waals surface area contributed by atoms with Crippen molar-refractivity contribution in [1.29, 1.82) is 0 Å². The third-order valence-electron chi connectivity index (χ3n) is 4.83. The zero-order valence-electron chi connectivity index (χ0n) is 12.3. The molecule has 0 aromatic heterocycles. The second-order valence-electron chi connectivity index (χ2n) is 6.12. The van der Waals surface area contributed by atoms with Crippen LogP contribution in [0.2, 0.25) is 5.02 Å². The summed E-state index contributed by atoms with van der Waals surface area (Å²) in [6.45, 7) is 0. The largest absolute Gasteiger partial charge is 0.545 e. The van der Waals surface area contributed by atoms with Gasteiger partial charge in [-0.2, -0.15) is 0 Å². The summed E-state index contributed by atoms with van der Waals surface area (Å²) >= 11 is 6.00. The van der Waals surface area contributed by atoms with Gasteiger partial charge in [-0.05, 0) is 53.3 Å². The van der Waals surface area contributed by atoms with Crippen molar-refractivity contribution in [3.63, 3.8) is 0 Å². The number of halogens is 1. The molecule has 4 rings (SSSR count). The van der Waals surface area contributed by atoms with Gasteiger partial charge < -0.3 is 15.2 Å². The molecular weight excluding hydrogens is 310 g/mol. The highest BCUT2D eigenvalue weighted by Crippen LogP contribution is 2.49. The highest BCUT2D eigenvalue weighted by atomic mass is 35.5. The predicted molar refractivity (Wildman–Crippen MR) is 88.6 cm³/mol. The van der Waals surface area contributed by atoms with E-state index in [2.05, 4.69) is 29.6 Å². The number of carboxylic acid groups (broad SMARTS) is 1. The van der Waals surface area contributed by atoms with Gasteiger partial charge in [-0.3, -0.25) is 0 Å². The molecule has 1 aliphatic heterocycles. The smallest absolute Gasteiger partial charge is 0.0715 e. The van der Waals surface area contributed by atoms with E-state index >= 15 is 0 Å².